The van der Waals surface area contributed by atoms with Crippen molar-refractivity contribution >= 4 is 67.5 Å². The van der Waals surface area contributed by atoms with Crippen LogP contribution in [0.5, 0.6) is 0 Å². The highest BCUT2D eigenvalue weighted by Gasteiger charge is 2.21. The number of aromatic nitrogens is 1. The Kier molecular flexibility index (Phi) is 8.54. The minimum absolute atomic E-state index is 1.04. The average molecular weight is 726 g/mol. The number of nitrogens with zero attached hydrogens (tertiary/aromatic N) is 1. The van der Waals surface area contributed by atoms with Gasteiger partial charge in [-0.05, 0) is 101 Å². The van der Waals surface area contributed by atoms with Gasteiger partial charge in [-0.1, -0.05) is 201 Å². The topological polar surface area (TPSA) is 4.93 Å². The third-order valence-corrected chi connectivity index (χ3v) is 11.4. The van der Waals surface area contributed by atoms with Crippen molar-refractivity contribution in [2.24, 2.45) is 0 Å². The van der Waals surface area contributed by atoms with Gasteiger partial charge in [0.25, 0.3) is 0 Å². The molecule has 9 aromatic carbocycles. The molecule has 1 heterocycles. The first-order valence-corrected chi connectivity index (χ1v) is 19.5. The number of rotatable bonds is 8. The summed E-state index contributed by atoms with van der Waals surface area (Å²) in [5.74, 6) is 0. The van der Waals surface area contributed by atoms with Gasteiger partial charge < -0.3 is 4.57 Å². The molecule has 0 amide bonds. The van der Waals surface area contributed by atoms with Crippen molar-refractivity contribution in [1.29, 1.82) is 0 Å². The van der Waals surface area contributed by atoms with E-state index in [2.05, 4.69) is 218 Å². The van der Waals surface area contributed by atoms with Crippen LogP contribution in [0.25, 0.3) is 107 Å². The van der Waals surface area contributed by atoms with Gasteiger partial charge in [0.2, 0.25) is 0 Å². The van der Waals surface area contributed by atoms with E-state index in [9.17, 15) is 0 Å². The predicted molar refractivity (Wildman–Crippen MR) is 248 cm³/mol. The number of hydrogen-bond donors (Lipinski definition) is 0. The van der Waals surface area contributed by atoms with Gasteiger partial charge in [-0.25, -0.2) is 0 Å². The van der Waals surface area contributed by atoms with Crippen molar-refractivity contribution in [1.82, 2.24) is 4.57 Å². The molecule has 57 heavy (non-hydrogen) atoms. The summed E-state index contributed by atoms with van der Waals surface area (Å²) in [6, 6.07) is 68.0. The summed E-state index contributed by atoms with van der Waals surface area (Å²) in [6.07, 6.45) is 8.36. The van der Waals surface area contributed by atoms with E-state index in [1.807, 2.05) is 12.2 Å². The van der Waals surface area contributed by atoms with Gasteiger partial charge >= 0.3 is 0 Å². The molecular weight excluding hydrogens is 687 g/mol. The highest BCUT2D eigenvalue weighted by Crippen LogP contribution is 2.46. The average Bonchev–Trinajstić information content (AvgIpc) is 3.61. The summed E-state index contributed by atoms with van der Waals surface area (Å²) in [7, 11) is 0. The lowest BCUT2D eigenvalue weighted by atomic mass is 9.84. The zero-order chi connectivity index (χ0) is 38.3. The molecule has 10 rings (SSSR count). The third-order valence-electron chi connectivity index (χ3n) is 11.4. The molecule has 0 aliphatic rings. The van der Waals surface area contributed by atoms with Crippen molar-refractivity contribution in [2.75, 3.05) is 0 Å². The Labute approximate surface area is 333 Å². The van der Waals surface area contributed by atoms with Crippen LogP contribution in [0.2, 0.25) is 0 Å². The summed E-state index contributed by atoms with van der Waals surface area (Å²) < 4.78 is 2.31. The number of fused-ring (bicyclic) bond motifs is 4. The second kappa shape index (κ2) is 14.3. The summed E-state index contributed by atoms with van der Waals surface area (Å²) in [5.41, 5.74) is 14.1. The fourth-order valence-electron chi connectivity index (χ4n) is 8.78. The number of benzene rings is 9. The van der Waals surface area contributed by atoms with Gasteiger partial charge in [0.15, 0.2) is 0 Å². The van der Waals surface area contributed by atoms with Crippen molar-refractivity contribution in [3.8, 4) is 39.1 Å². The largest absolute Gasteiger partial charge is 0.309 e. The lowest BCUT2D eigenvalue weighted by molar-refractivity contribution is 1.11. The first kappa shape index (κ1) is 34.0. The van der Waals surface area contributed by atoms with E-state index in [1.54, 1.807) is 0 Å². The molecule has 0 unspecified atom stereocenters. The zero-order valence-corrected chi connectivity index (χ0v) is 31.6. The SMILES string of the molecule is C=Cc1c(C=C)n(-c2ccccc2)c2cc(-c3c4ccccc4c(-c4ccc(C=Cc5ccc(-c6ccccc6)cc5)c5ccccc45)c4ccccc34)ccc12. The Hall–Kier alpha value is -7.48. The van der Waals surface area contributed by atoms with Crippen LogP contribution in [0, 0.1) is 0 Å². The summed E-state index contributed by atoms with van der Waals surface area (Å²) in [5, 5.41) is 8.53. The van der Waals surface area contributed by atoms with Gasteiger partial charge in [-0.3, -0.25) is 0 Å². The lowest BCUT2D eigenvalue weighted by Gasteiger charge is -2.19. The van der Waals surface area contributed by atoms with Crippen molar-refractivity contribution in [3.63, 3.8) is 0 Å². The van der Waals surface area contributed by atoms with Gasteiger partial charge in [-0.15, -0.1) is 0 Å². The predicted octanol–water partition coefficient (Wildman–Crippen LogP) is 15.5. The molecule has 0 aliphatic heterocycles. The van der Waals surface area contributed by atoms with Gasteiger partial charge in [-0.2, -0.15) is 0 Å². The molecule has 0 N–H and O–H groups in total. The monoisotopic (exact) mass is 725 g/mol. The van der Waals surface area contributed by atoms with Crippen LogP contribution in [0.4, 0.5) is 0 Å². The number of hydrogen-bond acceptors (Lipinski definition) is 0. The smallest absolute Gasteiger partial charge is 0.0547 e. The van der Waals surface area contributed by atoms with Crippen molar-refractivity contribution in [2.45, 2.75) is 0 Å². The maximum Gasteiger partial charge on any atom is 0.0547 e. The lowest BCUT2D eigenvalue weighted by Crippen LogP contribution is -1.97. The van der Waals surface area contributed by atoms with E-state index in [0.717, 1.165) is 27.8 Å². The van der Waals surface area contributed by atoms with Gasteiger partial charge in [0.1, 0.15) is 0 Å². The molecular formula is C56H39N. The number of para-hydroxylation sites is 1. The molecule has 0 atom stereocenters. The van der Waals surface area contributed by atoms with Crippen LogP contribution in [-0.4, -0.2) is 4.57 Å². The van der Waals surface area contributed by atoms with Crippen molar-refractivity contribution < 1.29 is 0 Å². The molecule has 1 aromatic heterocycles. The normalized spacial score (nSPS) is 11.6. The van der Waals surface area contributed by atoms with E-state index >= 15 is 0 Å². The van der Waals surface area contributed by atoms with Crippen LogP contribution in [-0.2, 0) is 0 Å². The Morgan fingerprint density at radius 3 is 1.56 bits per heavy atom. The van der Waals surface area contributed by atoms with Gasteiger partial charge in [0.05, 0.1) is 11.2 Å². The molecule has 1 nitrogen and oxygen atoms in total. The van der Waals surface area contributed by atoms with Crippen LogP contribution in [0.3, 0.4) is 0 Å². The quantitative estimate of drug-likeness (QED) is 0.109. The second-order valence-electron chi connectivity index (χ2n) is 14.5. The fraction of sp³-hybridized carbons (Fsp3) is 0. The Morgan fingerprint density at radius 2 is 0.930 bits per heavy atom. The molecule has 0 aliphatic carbocycles. The Morgan fingerprint density at radius 1 is 0.386 bits per heavy atom. The molecule has 1 heteroatoms. The minimum atomic E-state index is 1.04. The molecule has 0 fully saturated rings. The molecule has 0 saturated heterocycles. The summed E-state index contributed by atoms with van der Waals surface area (Å²) in [4.78, 5) is 0. The third kappa shape index (κ3) is 5.80. The van der Waals surface area contributed by atoms with E-state index in [1.165, 1.54) is 76.8 Å². The molecule has 268 valence electrons. The van der Waals surface area contributed by atoms with E-state index < -0.39 is 0 Å². The minimum Gasteiger partial charge on any atom is -0.309 e. The van der Waals surface area contributed by atoms with Crippen LogP contribution in [0.1, 0.15) is 22.4 Å². The standard InChI is InChI=1S/C56H39N/c1-3-44-47-35-34-42(37-54(47)57(53(44)4-2)43-19-9-6-10-20-43)55-48-23-13-15-25-50(48)56(51-26-16-14-24-49(51)55)52-36-33-41(45-21-11-12-22-46(45)52)32-29-38-27-30-40(31-28-38)39-17-7-5-8-18-39/h3-37H,1-2H2. The van der Waals surface area contributed by atoms with E-state index in [-0.39, 0.29) is 0 Å². The molecule has 0 radical (unpaired) electrons. The molecule has 0 saturated carbocycles. The first-order valence-electron chi connectivity index (χ1n) is 19.5. The first-order chi connectivity index (χ1) is 28.2. The molecule has 0 bridgehead atoms. The fourth-order valence-corrected chi connectivity index (χ4v) is 8.78. The molecule has 0 spiro atoms. The Bertz CT molecular complexity index is 3120. The van der Waals surface area contributed by atoms with E-state index in [0.29, 0.717) is 0 Å². The maximum absolute atomic E-state index is 4.21. The highest BCUT2D eigenvalue weighted by atomic mass is 15.0. The van der Waals surface area contributed by atoms with Crippen LogP contribution < -0.4 is 0 Å². The van der Waals surface area contributed by atoms with Crippen LogP contribution >= 0.6 is 0 Å². The zero-order valence-electron chi connectivity index (χ0n) is 31.6. The maximum atomic E-state index is 4.21. The van der Waals surface area contributed by atoms with Crippen molar-refractivity contribution in [3.05, 3.63) is 224 Å². The molecule has 10 aromatic rings. The van der Waals surface area contributed by atoms with Crippen LogP contribution in [0.15, 0.2) is 201 Å². The summed E-state index contributed by atoms with van der Waals surface area (Å²) >= 11 is 0. The Balaban J connectivity index is 1.14. The van der Waals surface area contributed by atoms with E-state index in [4.69, 9.17) is 0 Å². The summed E-state index contributed by atoms with van der Waals surface area (Å²) in [6.45, 7) is 8.41. The highest BCUT2D eigenvalue weighted by molar-refractivity contribution is 6.24. The van der Waals surface area contributed by atoms with Gasteiger partial charge in [0, 0.05) is 16.6 Å². The second-order valence-corrected chi connectivity index (χ2v) is 14.5.